The van der Waals surface area contributed by atoms with Crippen LogP contribution in [0.5, 0.6) is 0 Å². The maximum atomic E-state index is 5.09. The minimum absolute atomic E-state index is 0.671. The highest BCUT2D eigenvalue weighted by Gasteiger charge is 2.23. The molecule has 0 radical (unpaired) electrons. The Balaban J connectivity index is 1.69. The van der Waals surface area contributed by atoms with Crippen molar-refractivity contribution in [2.75, 3.05) is 6.54 Å². The summed E-state index contributed by atoms with van der Waals surface area (Å²) in [4.78, 5) is 4.20. The summed E-state index contributed by atoms with van der Waals surface area (Å²) in [5.41, 5.74) is 0. The summed E-state index contributed by atoms with van der Waals surface area (Å²) < 4.78 is 5.09. The number of aromatic nitrogens is 2. The van der Waals surface area contributed by atoms with E-state index < -0.39 is 0 Å². The summed E-state index contributed by atoms with van der Waals surface area (Å²) in [7, 11) is 0. The third-order valence-corrected chi connectivity index (χ3v) is 3.94. The predicted molar refractivity (Wildman–Crippen MR) is 66.7 cm³/mol. The molecule has 96 valence electrons. The fourth-order valence-electron chi connectivity index (χ4n) is 2.56. The third-order valence-electron chi connectivity index (χ3n) is 3.94. The molecule has 0 spiro atoms. The van der Waals surface area contributed by atoms with E-state index in [1.807, 2.05) is 6.92 Å². The van der Waals surface area contributed by atoms with E-state index in [4.69, 9.17) is 4.52 Å². The molecule has 4 nitrogen and oxygen atoms in total. The molecule has 0 bridgehead atoms. The van der Waals surface area contributed by atoms with E-state index in [1.165, 1.54) is 19.3 Å². The number of hydrogen-bond donors (Lipinski definition) is 1. The van der Waals surface area contributed by atoms with E-state index in [0.717, 1.165) is 36.5 Å². The second-order valence-corrected chi connectivity index (χ2v) is 5.40. The van der Waals surface area contributed by atoms with Gasteiger partial charge in [0.2, 0.25) is 5.89 Å². The summed E-state index contributed by atoms with van der Waals surface area (Å²) >= 11 is 0. The molecule has 1 fully saturated rings. The van der Waals surface area contributed by atoms with E-state index in [1.54, 1.807) is 0 Å². The van der Waals surface area contributed by atoms with Gasteiger partial charge in [-0.2, -0.15) is 4.98 Å². The number of nitrogens with one attached hydrogen (secondary N) is 1. The summed E-state index contributed by atoms with van der Waals surface area (Å²) in [6.07, 6.45) is 4.78. The van der Waals surface area contributed by atoms with Crippen molar-refractivity contribution in [3.8, 4) is 0 Å². The molecular formula is C13H23N3O. The molecule has 0 saturated heterocycles. The van der Waals surface area contributed by atoms with Gasteiger partial charge < -0.3 is 9.84 Å². The van der Waals surface area contributed by atoms with Gasteiger partial charge in [-0.05, 0) is 38.0 Å². The van der Waals surface area contributed by atoms with Gasteiger partial charge in [0.05, 0.1) is 0 Å². The fourth-order valence-corrected chi connectivity index (χ4v) is 2.56. The van der Waals surface area contributed by atoms with Crippen molar-refractivity contribution in [2.24, 2.45) is 11.8 Å². The first-order chi connectivity index (χ1) is 8.15. The van der Waals surface area contributed by atoms with Gasteiger partial charge in [0.15, 0.2) is 5.82 Å². The molecule has 1 heterocycles. The highest BCUT2D eigenvalue weighted by molar-refractivity contribution is 4.85. The molecule has 0 aromatic carbocycles. The largest absolute Gasteiger partial charge is 0.339 e. The van der Waals surface area contributed by atoms with Crippen molar-refractivity contribution >= 4 is 0 Å². The number of nitrogens with zero attached hydrogens (tertiary/aromatic N) is 2. The molecule has 0 aliphatic heterocycles. The van der Waals surface area contributed by atoms with Crippen molar-refractivity contribution in [3.63, 3.8) is 0 Å². The van der Waals surface area contributed by atoms with E-state index in [2.05, 4.69) is 29.3 Å². The van der Waals surface area contributed by atoms with Gasteiger partial charge >= 0.3 is 0 Å². The molecule has 0 amide bonds. The summed E-state index contributed by atoms with van der Waals surface area (Å²) in [6.45, 7) is 7.51. The molecule has 1 aromatic heterocycles. The quantitative estimate of drug-likeness (QED) is 0.873. The standard InChI is InChI=1S/C13H23N3O/c1-9-4-5-12(8-10(9)2)14-7-6-13-15-11(3)16-17-13/h9-10,12,14H,4-8H2,1-3H3. The van der Waals surface area contributed by atoms with Crippen LogP contribution in [-0.2, 0) is 6.42 Å². The van der Waals surface area contributed by atoms with Gasteiger partial charge in [0.25, 0.3) is 0 Å². The molecule has 1 aliphatic rings. The maximum absolute atomic E-state index is 5.09. The van der Waals surface area contributed by atoms with E-state index in [-0.39, 0.29) is 0 Å². The zero-order chi connectivity index (χ0) is 12.3. The first kappa shape index (κ1) is 12.6. The zero-order valence-corrected chi connectivity index (χ0v) is 11.1. The van der Waals surface area contributed by atoms with Crippen molar-refractivity contribution in [3.05, 3.63) is 11.7 Å². The Morgan fingerprint density at radius 2 is 2.12 bits per heavy atom. The van der Waals surface area contributed by atoms with Crippen LogP contribution in [0, 0.1) is 18.8 Å². The highest BCUT2D eigenvalue weighted by Crippen LogP contribution is 2.29. The van der Waals surface area contributed by atoms with Crippen LogP contribution >= 0.6 is 0 Å². The number of hydrogen-bond acceptors (Lipinski definition) is 4. The van der Waals surface area contributed by atoms with E-state index in [9.17, 15) is 0 Å². The average molecular weight is 237 g/mol. The molecule has 3 atom stereocenters. The lowest BCUT2D eigenvalue weighted by atomic mass is 9.79. The van der Waals surface area contributed by atoms with Crippen molar-refractivity contribution < 1.29 is 4.52 Å². The van der Waals surface area contributed by atoms with Crippen LogP contribution in [0.4, 0.5) is 0 Å². The smallest absolute Gasteiger partial charge is 0.227 e. The van der Waals surface area contributed by atoms with Crippen LogP contribution in [0.15, 0.2) is 4.52 Å². The van der Waals surface area contributed by atoms with Gasteiger partial charge in [-0.1, -0.05) is 19.0 Å². The number of aryl methyl sites for hydroxylation is 1. The monoisotopic (exact) mass is 237 g/mol. The molecule has 1 aliphatic carbocycles. The average Bonchev–Trinajstić information content (AvgIpc) is 2.70. The molecule has 4 heteroatoms. The Morgan fingerprint density at radius 3 is 2.76 bits per heavy atom. The lowest BCUT2D eigenvalue weighted by Crippen LogP contribution is -2.37. The summed E-state index contributed by atoms with van der Waals surface area (Å²) in [6, 6.07) is 0.671. The fraction of sp³-hybridized carbons (Fsp3) is 0.846. The van der Waals surface area contributed by atoms with Gasteiger partial charge in [0.1, 0.15) is 0 Å². The number of rotatable bonds is 4. The van der Waals surface area contributed by atoms with Crippen LogP contribution in [0.2, 0.25) is 0 Å². The molecular weight excluding hydrogens is 214 g/mol. The predicted octanol–water partition coefficient (Wildman–Crippen LogP) is 2.33. The molecule has 1 N–H and O–H groups in total. The Bertz CT molecular complexity index is 350. The Kier molecular flexibility index (Phi) is 4.15. The summed E-state index contributed by atoms with van der Waals surface area (Å²) in [5, 5.41) is 7.39. The van der Waals surface area contributed by atoms with Crippen LogP contribution in [-0.4, -0.2) is 22.7 Å². The molecule has 1 aromatic rings. The minimum atomic E-state index is 0.671. The van der Waals surface area contributed by atoms with Crippen molar-refractivity contribution in [1.82, 2.24) is 15.5 Å². The second kappa shape index (κ2) is 5.63. The van der Waals surface area contributed by atoms with Gasteiger partial charge in [-0.15, -0.1) is 0 Å². The van der Waals surface area contributed by atoms with Gasteiger partial charge in [0, 0.05) is 19.0 Å². The van der Waals surface area contributed by atoms with Gasteiger partial charge in [-0.25, -0.2) is 0 Å². The Hall–Kier alpha value is -0.900. The van der Waals surface area contributed by atoms with Crippen LogP contribution in [0.1, 0.15) is 44.8 Å². The van der Waals surface area contributed by atoms with Crippen LogP contribution in [0.3, 0.4) is 0 Å². The minimum Gasteiger partial charge on any atom is -0.339 e. The molecule has 3 unspecified atom stereocenters. The topological polar surface area (TPSA) is 51.0 Å². The lowest BCUT2D eigenvalue weighted by molar-refractivity contribution is 0.226. The maximum Gasteiger partial charge on any atom is 0.227 e. The lowest BCUT2D eigenvalue weighted by Gasteiger charge is -2.32. The van der Waals surface area contributed by atoms with Crippen molar-refractivity contribution in [1.29, 1.82) is 0 Å². The Morgan fingerprint density at radius 1 is 1.29 bits per heavy atom. The normalized spacial score (nSPS) is 29.5. The second-order valence-electron chi connectivity index (χ2n) is 5.40. The van der Waals surface area contributed by atoms with Gasteiger partial charge in [-0.3, -0.25) is 0 Å². The van der Waals surface area contributed by atoms with Crippen LogP contribution < -0.4 is 5.32 Å². The SMILES string of the molecule is Cc1noc(CCNC2CCC(C)C(C)C2)n1. The summed E-state index contributed by atoms with van der Waals surface area (Å²) in [5.74, 6) is 3.19. The van der Waals surface area contributed by atoms with Crippen LogP contribution in [0.25, 0.3) is 0 Å². The molecule has 2 rings (SSSR count). The zero-order valence-electron chi connectivity index (χ0n) is 11.1. The van der Waals surface area contributed by atoms with E-state index >= 15 is 0 Å². The van der Waals surface area contributed by atoms with Crippen molar-refractivity contribution in [2.45, 2.75) is 52.5 Å². The highest BCUT2D eigenvalue weighted by atomic mass is 16.5. The first-order valence-corrected chi connectivity index (χ1v) is 6.67. The Labute approximate surface area is 103 Å². The molecule has 1 saturated carbocycles. The third kappa shape index (κ3) is 3.53. The van der Waals surface area contributed by atoms with E-state index in [0.29, 0.717) is 6.04 Å². The first-order valence-electron chi connectivity index (χ1n) is 6.67. The molecule has 17 heavy (non-hydrogen) atoms.